The number of aryl methyl sites for hydroxylation is 1. The Morgan fingerprint density at radius 1 is 1.23 bits per heavy atom. The number of benzene rings is 1. The highest BCUT2D eigenvalue weighted by atomic mass is 16.5. The summed E-state index contributed by atoms with van der Waals surface area (Å²) in [5.41, 5.74) is 3.32. The van der Waals surface area contributed by atoms with Gasteiger partial charge < -0.3 is 9.84 Å². The Morgan fingerprint density at radius 2 is 2.05 bits per heavy atom. The molecular weight excluding hydrogens is 278 g/mol. The summed E-state index contributed by atoms with van der Waals surface area (Å²) in [4.78, 5) is 16.1. The van der Waals surface area contributed by atoms with Crippen molar-refractivity contribution in [2.24, 2.45) is 0 Å². The van der Waals surface area contributed by atoms with Crippen LogP contribution in [0.4, 0.5) is 0 Å². The largest absolute Gasteiger partial charge is 0.359 e. The van der Waals surface area contributed by atoms with E-state index in [0.29, 0.717) is 23.6 Å². The number of amides is 1. The Hall–Kier alpha value is -2.95. The molecule has 110 valence electrons. The first-order valence-electron chi connectivity index (χ1n) is 6.93. The molecule has 2 aromatic heterocycles. The first kappa shape index (κ1) is 14.0. The smallest absolute Gasteiger partial charge is 0.251 e. The molecule has 0 spiro atoms. The minimum Gasteiger partial charge on any atom is -0.359 e. The fourth-order valence-corrected chi connectivity index (χ4v) is 2.02. The molecule has 0 aliphatic heterocycles. The molecule has 0 saturated heterocycles. The van der Waals surface area contributed by atoms with Gasteiger partial charge in [0.05, 0.1) is 6.54 Å². The topological polar surface area (TPSA) is 68.0 Å². The summed E-state index contributed by atoms with van der Waals surface area (Å²) >= 11 is 0. The summed E-state index contributed by atoms with van der Waals surface area (Å²) in [6.45, 7) is 2.27. The number of pyridine rings is 1. The van der Waals surface area contributed by atoms with Crippen LogP contribution in [0.3, 0.4) is 0 Å². The standard InChI is InChI=1S/C17H15N3O2/c1-12-4-6-13(7-5-12)17(21)19-11-15-9-16(20-22-15)14-3-2-8-18-10-14/h2-10H,11H2,1H3,(H,19,21). The minimum atomic E-state index is -0.140. The van der Waals surface area contributed by atoms with Gasteiger partial charge in [-0.3, -0.25) is 9.78 Å². The molecule has 22 heavy (non-hydrogen) atoms. The third-order valence-electron chi connectivity index (χ3n) is 3.25. The van der Waals surface area contributed by atoms with E-state index >= 15 is 0 Å². The number of hydrogen-bond acceptors (Lipinski definition) is 4. The average Bonchev–Trinajstić information content (AvgIpc) is 3.03. The van der Waals surface area contributed by atoms with Crippen LogP contribution in [0.15, 0.2) is 59.4 Å². The molecule has 0 fully saturated rings. The van der Waals surface area contributed by atoms with Gasteiger partial charge in [0.25, 0.3) is 5.91 Å². The molecule has 3 rings (SSSR count). The number of nitrogens with zero attached hydrogens (tertiary/aromatic N) is 2. The molecule has 0 atom stereocenters. The van der Waals surface area contributed by atoms with Gasteiger partial charge in [0, 0.05) is 29.6 Å². The van der Waals surface area contributed by atoms with Crippen molar-refractivity contribution in [3.05, 3.63) is 71.7 Å². The average molecular weight is 293 g/mol. The fraction of sp³-hybridized carbons (Fsp3) is 0.118. The molecule has 0 aliphatic rings. The Bertz CT molecular complexity index is 764. The van der Waals surface area contributed by atoms with Crippen molar-refractivity contribution in [1.29, 1.82) is 0 Å². The van der Waals surface area contributed by atoms with E-state index in [-0.39, 0.29) is 5.91 Å². The van der Waals surface area contributed by atoms with E-state index in [2.05, 4.69) is 15.5 Å². The zero-order valence-electron chi connectivity index (χ0n) is 12.1. The van der Waals surface area contributed by atoms with Crippen molar-refractivity contribution in [2.45, 2.75) is 13.5 Å². The third-order valence-corrected chi connectivity index (χ3v) is 3.25. The number of hydrogen-bond donors (Lipinski definition) is 1. The lowest BCUT2D eigenvalue weighted by Gasteiger charge is -2.02. The van der Waals surface area contributed by atoms with E-state index in [1.807, 2.05) is 31.2 Å². The Kier molecular flexibility index (Phi) is 3.96. The molecule has 1 aromatic carbocycles. The third kappa shape index (κ3) is 3.20. The van der Waals surface area contributed by atoms with Crippen molar-refractivity contribution in [3.8, 4) is 11.3 Å². The van der Waals surface area contributed by atoms with Crippen molar-refractivity contribution >= 4 is 5.91 Å². The summed E-state index contributed by atoms with van der Waals surface area (Å²) in [7, 11) is 0. The molecule has 1 amide bonds. The Morgan fingerprint density at radius 3 is 2.77 bits per heavy atom. The number of aromatic nitrogens is 2. The minimum absolute atomic E-state index is 0.140. The van der Waals surface area contributed by atoms with Crippen LogP contribution in [0.1, 0.15) is 21.7 Å². The number of carbonyl (C=O) groups is 1. The van der Waals surface area contributed by atoms with Crippen molar-refractivity contribution in [3.63, 3.8) is 0 Å². The van der Waals surface area contributed by atoms with Gasteiger partial charge in [0.15, 0.2) is 5.76 Å². The highest BCUT2D eigenvalue weighted by Crippen LogP contribution is 2.17. The zero-order valence-corrected chi connectivity index (χ0v) is 12.1. The van der Waals surface area contributed by atoms with Gasteiger partial charge in [0.2, 0.25) is 0 Å². The van der Waals surface area contributed by atoms with Gasteiger partial charge in [-0.05, 0) is 31.2 Å². The molecule has 5 nitrogen and oxygen atoms in total. The van der Waals surface area contributed by atoms with Crippen molar-refractivity contribution in [1.82, 2.24) is 15.5 Å². The maximum atomic E-state index is 12.0. The molecule has 1 N–H and O–H groups in total. The molecule has 2 heterocycles. The van der Waals surface area contributed by atoms with Crippen molar-refractivity contribution in [2.75, 3.05) is 0 Å². The lowest BCUT2D eigenvalue weighted by molar-refractivity contribution is 0.0947. The van der Waals surface area contributed by atoms with Crippen LogP contribution in [0, 0.1) is 6.92 Å². The van der Waals surface area contributed by atoms with E-state index in [1.165, 1.54) is 0 Å². The maximum Gasteiger partial charge on any atom is 0.251 e. The maximum absolute atomic E-state index is 12.0. The van der Waals surface area contributed by atoms with Gasteiger partial charge >= 0.3 is 0 Å². The molecule has 0 saturated carbocycles. The van der Waals surface area contributed by atoms with Crippen LogP contribution in [0.5, 0.6) is 0 Å². The van der Waals surface area contributed by atoms with Gasteiger partial charge in [-0.2, -0.15) is 0 Å². The van der Waals surface area contributed by atoms with Gasteiger partial charge in [-0.15, -0.1) is 0 Å². The first-order chi connectivity index (χ1) is 10.7. The van der Waals surface area contributed by atoms with Gasteiger partial charge in [-0.25, -0.2) is 0 Å². The fourth-order valence-electron chi connectivity index (χ4n) is 2.02. The lowest BCUT2D eigenvalue weighted by Crippen LogP contribution is -2.22. The zero-order chi connectivity index (χ0) is 15.4. The molecule has 0 unspecified atom stereocenters. The van der Waals surface area contributed by atoms with E-state index in [0.717, 1.165) is 11.1 Å². The van der Waals surface area contributed by atoms with Crippen LogP contribution in [0.25, 0.3) is 11.3 Å². The number of nitrogens with one attached hydrogen (secondary N) is 1. The number of rotatable bonds is 4. The van der Waals surface area contributed by atoms with Crippen LogP contribution in [-0.4, -0.2) is 16.0 Å². The molecule has 0 aliphatic carbocycles. The van der Waals surface area contributed by atoms with Crippen molar-refractivity contribution < 1.29 is 9.32 Å². The van der Waals surface area contributed by atoms with E-state index in [4.69, 9.17) is 4.52 Å². The predicted molar refractivity (Wildman–Crippen MR) is 82.1 cm³/mol. The molecule has 5 heteroatoms. The molecular formula is C17H15N3O2. The lowest BCUT2D eigenvalue weighted by atomic mass is 10.1. The Labute approximate surface area is 128 Å². The van der Waals surface area contributed by atoms with E-state index in [9.17, 15) is 4.79 Å². The summed E-state index contributed by atoms with van der Waals surface area (Å²) in [6.07, 6.45) is 3.42. The van der Waals surface area contributed by atoms with E-state index in [1.54, 1.807) is 30.6 Å². The summed E-state index contributed by atoms with van der Waals surface area (Å²) in [5.74, 6) is 0.457. The monoisotopic (exact) mass is 293 g/mol. The van der Waals surface area contributed by atoms with Crippen LogP contribution in [-0.2, 0) is 6.54 Å². The second-order valence-corrected chi connectivity index (χ2v) is 4.97. The second kappa shape index (κ2) is 6.22. The van der Waals surface area contributed by atoms with E-state index < -0.39 is 0 Å². The predicted octanol–water partition coefficient (Wildman–Crippen LogP) is 2.98. The summed E-state index contributed by atoms with van der Waals surface area (Å²) in [6, 6.07) is 12.9. The Balaban J connectivity index is 1.64. The highest BCUT2D eigenvalue weighted by Gasteiger charge is 2.09. The quantitative estimate of drug-likeness (QED) is 0.803. The first-order valence-corrected chi connectivity index (χ1v) is 6.93. The highest BCUT2D eigenvalue weighted by molar-refractivity contribution is 5.94. The second-order valence-electron chi connectivity index (χ2n) is 4.97. The summed E-state index contributed by atoms with van der Waals surface area (Å²) in [5, 5.41) is 6.79. The molecule has 0 bridgehead atoms. The van der Waals surface area contributed by atoms with Crippen LogP contribution < -0.4 is 5.32 Å². The molecule has 3 aromatic rings. The van der Waals surface area contributed by atoms with Gasteiger partial charge in [-0.1, -0.05) is 22.9 Å². The molecule has 0 radical (unpaired) electrons. The van der Waals surface area contributed by atoms with Gasteiger partial charge in [0.1, 0.15) is 5.69 Å². The number of carbonyl (C=O) groups excluding carboxylic acids is 1. The summed E-state index contributed by atoms with van der Waals surface area (Å²) < 4.78 is 5.23. The van der Waals surface area contributed by atoms with Crippen LogP contribution >= 0.6 is 0 Å². The SMILES string of the molecule is Cc1ccc(C(=O)NCc2cc(-c3cccnc3)no2)cc1. The van der Waals surface area contributed by atoms with Crippen LogP contribution in [0.2, 0.25) is 0 Å². The normalized spacial score (nSPS) is 10.4.